The van der Waals surface area contributed by atoms with Crippen LogP contribution in [0.1, 0.15) is 5.69 Å². The third-order valence-electron chi connectivity index (χ3n) is 5.15. The Morgan fingerprint density at radius 1 is 0.781 bits per heavy atom. The Bertz CT molecular complexity index is 1360. The largest absolute Gasteiger partial charge is 0.382 e. The zero-order chi connectivity index (χ0) is 21.8. The lowest BCUT2D eigenvalue weighted by Gasteiger charge is -2.14. The first-order valence-electron chi connectivity index (χ1n) is 10.3. The Hall–Kier alpha value is -4.39. The third kappa shape index (κ3) is 4.09. The molecule has 0 saturated carbocycles. The van der Waals surface area contributed by atoms with Gasteiger partial charge >= 0.3 is 0 Å². The maximum atomic E-state index is 6.34. The number of fused-ring (bicyclic) bond motifs is 1. The molecule has 7 heteroatoms. The minimum Gasteiger partial charge on any atom is -0.382 e. The Balaban J connectivity index is 1.54. The lowest BCUT2D eigenvalue weighted by Crippen LogP contribution is -2.11. The van der Waals surface area contributed by atoms with Gasteiger partial charge in [-0.15, -0.1) is 0 Å². The van der Waals surface area contributed by atoms with E-state index in [1.165, 1.54) is 0 Å². The van der Waals surface area contributed by atoms with Crippen molar-refractivity contribution in [1.82, 2.24) is 24.9 Å². The van der Waals surface area contributed by atoms with Crippen molar-refractivity contribution in [2.45, 2.75) is 6.42 Å². The van der Waals surface area contributed by atoms with E-state index in [0.717, 1.165) is 39.1 Å². The van der Waals surface area contributed by atoms with Gasteiger partial charge in [0.2, 0.25) is 0 Å². The number of hydrogen-bond acceptors (Lipinski definition) is 7. The highest BCUT2D eigenvalue weighted by Crippen LogP contribution is 2.32. The summed E-state index contributed by atoms with van der Waals surface area (Å²) in [6.07, 6.45) is 7.37. The SMILES string of the molecule is Nc1nc(-c2ccccc2)c(-c2ccc3ncccc3c2)nc1CCNc1cnccn1. The summed E-state index contributed by atoms with van der Waals surface area (Å²) in [4.78, 5) is 22.5. The summed E-state index contributed by atoms with van der Waals surface area (Å²) in [5, 5.41) is 4.29. The molecule has 0 fully saturated rings. The third-order valence-corrected chi connectivity index (χ3v) is 5.15. The molecule has 0 unspecified atom stereocenters. The van der Waals surface area contributed by atoms with E-state index in [0.29, 0.717) is 24.6 Å². The normalized spacial score (nSPS) is 10.9. The van der Waals surface area contributed by atoms with E-state index in [1.54, 1.807) is 24.8 Å². The molecule has 5 rings (SSSR count). The molecule has 5 aromatic rings. The predicted octanol–water partition coefficient (Wildman–Crippen LogP) is 4.39. The summed E-state index contributed by atoms with van der Waals surface area (Å²) in [6, 6.07) is 20.1. The number of pyridine rings is 1. The summed E-state index contributed by atoms with van der Waals surface area (Å²) in [6.45, 7) is 0.614. The van der Waals surface area contributed by atoms with Crippen LogP contribution in [0.2, 0.25) is 0 Å². The predicted molar refractivity (Wildman–Crippen MR) is 127 cm³/mol. The van der Waals surface area contributed by atoms with E-state index >= 15 is 0 Å². The quantitative estimate of drug-likeness (QED) is 0.421. The van der Waals surface area contributed by atoms with Crippen LogP contribution in [0.25, 0.3) is 33.4 Å². The molecule has 0 saturated heterocycles. The van der Waals surface area contributed by atoms with Crippen molar-refractivity contribution < 1.29 is 0 Å². The molecule has 0 aliphatic heterocycles. The summed E-state index contributed by atoms with van der Waals surface area (Å²) in [5.74, 6) is 1.14. The van der Waals surface area contributed by atoms with E-state index in [1.807, 2.05) is 54.6 Å². The van der Waals surface area contributed by atoms with Gasteiger partial charge in [-0.25, -0.2) is 15.0 Å². The van der Waals surface area contributed by atoms with Crippen LogP contribution in [-0.2, 0) is 6.42 Å². The summed E-state index contributed by atoms with van der Waals surface area (Å²) in [5.41, 5.74) is 11.5. The second kappa shape index (κ2) is 8.77. The van der Waals surface area contributed by atoms with Gasteiger partial charge in [-0.2, -0.15) is 0 Å². The van der Waals surface area contributed by atoms with Gasteiger partial charge in [0.25, 0.3) is 0 Å². The summed E-state index contributed by atoms with van der Waals surface area (Å²) in [7, 11) is 0. The van der Waals surface area contributed by atoms with Crippen LogP contribution >= 0.6 is 0 Å². The Morgan fingerprint density at radius 2 is 1.66 bits per heavy atom. The van der Waals surface area contributed by atoms with Gasteiger partial charge in [0.15, 0.2) is 0 Å². The second-order valence-electron chi connectivity index (χ2n) is 7.30. The van der Waals surface area contributed by atoms with Gasteiger partial charge in [-0.1, -0.05) is 42.5 Å². The molecule has 0 atom stereocenters. The highest BCUT2D eigenvalue weighted by atomic mass is 15.0. The number of anilines is 2. The zero-order valence-electron chi connectivity index (χ0n) is 17.3. The average Bonchev–Trinajstić information content (AvgIpc) is 2.86. The van der Waals surface area contributed by atoms with Crippen LogP contribution < -0.4 is 11.1 Å². The minimum absolute atomic E-state index is 0.427. The highest BCUT2D eigenvalue weighted by Gasteiger charge is 2.16. The fourth-order valence-corrected chi connectivity index (χ4v) is 3.59. The molecule has 0 aliphatic carbocycles. The van der Waals surface area contributed by atoms with Crippen molar-refractivity contribution in [3.63, 3.8) is 0 Å². The van der Waals surface area contributed by atoms with Crippen molar-refractivity contribution in [3.05, 3.63) is 91.1 Å². The number of nitrogens with zero attached hydrogens (tertiary/aromatic N) is 5. The standard InChI is InChI=1S/C25H21N7/c26-25-21(10-12-29-22-16-27-13-14-30-22)31-24(23(32-25)17-5-2-1-3-6-17)19-8-9-20-18(15-19)7-4-11-28-20/h1-9,11,13-16H,10,12H2,(H2,26,32)(H,29,30). The van der Waals surface area contributed by atoms with Gasteiger partial charge in [-0.3, -0.25) is 9.97 Å². The van der Waals surface area contributed by atoms with E-state index in [-0.39, 0.29) is 0 Å². The molecule has 7 nitrogen and oxygen atoms in total. The van der Waals surface area contributed by atoms with E-state index in [4.69, 9.17) is 15.7 Å². The smallest absolute Gasteiger partial charge is 0.146 e. The Labute approximate surface area is 185 Å². The molecule has 156 valence electrons. The van der Waals surface area contributed by atoms with Crippen molar-refractivity contribution in [1.29, 1.82) is 0 Å². The van der Waals surface area contributed by atoms with Crippen LogP contribution in [0, 0.1) is 0 Å². The van der Waals surface area contributed by atoms with Gasteiger partial charge in [0.05, 0.1) is 28.8 Å². The molecular formula is C25H21N7. The molecule has 0 radical (unpaired) electrons. The van der Waals surface area contributed by atoms with Crippen LogP contribution in [0.5, 0.6) is 0 Å². The summed E-state index contributed by atoms with van der Waals surface area (Å²) < 4.78 is 0. The second-order valence-corrected chi connectivity index (χ2v) is 7.30. The number of aromatic nitrogens is 5. The van der Waals surface area contributed by atoms with Crippen molar-refractivity contribution in [3.8, 4) is 22.5 Å². The zero-order valence-corrected chi connectivity index (χ0v) is 17.3. The maximum absolute atomic E-state index is 6.34. The molecule has 0 bridgehead atoms. The van der Waals surface area contributed by atoms with Crippen LogP contribution in [0.4, 0.5) is 11.6 Å². The lowest BCUT2D eigenvalue weighted by atomic mass is 10.0. The number of rotatable bonds is 6. The number of nitrogen functional groups attached to an aromatic ring is 1. The van der Waals surface area contributed by atoms with Crippen LogP contribution in [-0.4, -0.2) is 31.5 Å². The molecule has 2 aromatic carbocycles. The first kappa shape index (κ1) is 19.6. The van der Waals surface area contributed by atoms with Crippen molar-refractivity contribution in [2.24, 2.45) is 0 Å². The van der Waals surface area contributed by atoms with Crippen LogP contribution in [0.15, 0.2) is 85.5 Å². The molecule has 3 N–H and O–H groups in total. The number of nitrogens with one attached hydrogen (secondary N) is 1. The van der Waals surface area contributed by atoms with Crippen molar-refractivity contribution in [2.75, 3.05) is 17.6 Å². The monoisotopic (exact) mass is 419 g/mol. The molecule has 0 amide bonds. The summed E-state index contributed by atoms with van der Waals surface area (Å²) >= 11 is 0. The number of nitrogens with two attached hydrogens (primary N) is 1. The topological polar surface area (TPSA) is 102 Å². The Kier molecular flexibility index (Phi) is 5.36. The molecular weight excluding hydrogens is 398 g/mol. The van der Waals surface area contributed by atoms with Gasteiger partial charge in [0.1, 0.15) is 11.6 Å². The number of hydrogen-bond donors (Lipinski definition) is 2. The first-order chi connectivity index (χ1) is 15.8. The fraction of sp³-hybridized carbons (Fsp3) is 0.0800. The fourth-order valence-electron chi connectivity index (χ4n) is 3.59. The van der Waals surface area contributed by atoms with Gasteiger partial charge in [0, 0.05) is 48.1 Å². The highest BCUT2D eigenvalue weighted by molar-refractivity contribution is 5.87. The van der Waals surface area contributed by atoms with Crippen LogP contribution in [0.3, 0.4) is 0 Å². The molecule has 32 heavy (non-hydrogen) atoms. The van der Waals surface area contributed by atoms with Crippen molar-refractivity contribution >= 4 is 22.5 Å². The molecule has 3 heterocycles. The van der Waals surface area contributed by atoms with E-state index in [9.17, 15) is 0 Å². The Morgan fingerprint density at radius 3 is 2.50 bits per heavy atom. The van der Waals surface area contributed by atoms with E-state index < -0.39 is 0 Å². The maximum Gasteiger partial charge on any atom is 0.146 e. The van der Waals surface area contributed by atoms with E-state index in [2.05, 4.69) is 26.3 Å². The first-order valence-corrected chi connectivity index (χ1v) is 10.3. The lowest BCUT2D eigenvalue weighted by molar-refractivity contribution is 0.943. The minimum atomic E-state index is 0.427. The average molecular weight is 419 g/mol. The molecule has 3 aromatic heterocycles. The molecule has 0 spiro atoms. The van der Waals surface area contributed by atoms with Gasteiger partial charge < -0.3 is 11.1 Å². The van der Waals surface area contributed by atoms with Gasteiger partial charge in [-0.05, 0) is 18.2 Å². The molecule has 0 aliphatic rings. The number of benzene rings is 2.